The Kier molecular flexibility index (Phi) is 10.3. The van der Waals surface area contributed by atoms with E-state index in [1.807, 2.05) is 91.0 Å². The van der Waals surface area contributed by atoms with Crippen LogP contribution < -0.4 is 10.6 Å². The lowest BCUT2D eigenvalue weighted by molar-refractivity contribution is -0.157. The van der Waals surface area contributed by atoms with Crippen molar-refractivity contribution in [3.05, 3.63) is 168 Å². The second kappa shape index (κ2) is 15.8. The van der Waals surface area contributed by atoms with Crippen LogP contribution in [-0.4, -0.2) is 43.2 Å². The maximum atomic E-state index is 13.7. The lowest BCUT2D eigenvalue weighted by Crippen LogP contribution is -2.43. The normalized spacial score (nSPS) is 16.4. The quantitative estimate of drug-likeness (QED) is 0.101. The summed E-state index contributed by atoms with van der Waals surface area (Å²) in [5.41, 5.74) is 5.06. The van der Waals surface area contributed by atoms with Gasteiger partial charge in [0.05, 0.1) is 0 Å². The molecular weight excluding hydrogens is 685 g/mol. The molecule has 276 valence electrons. The molecule has 0 spiro atoms. The number of phenolic OH excluding ortho intramolecular Hbond substituents is 1. The Morgan fingerprint density at radius 3 is 1.87 bits per heavy atom. The number of ether oxygens (including phenoxy) is 2. The van der Waals surface area contributed by atoms with Gasteiger partial charge in [-0.1, -0.05) is 127 Å². The van der Waals surface area contributed by atoms with Gasteiger partial charge in [0.25, 0.3) is 0 Å². The molecule has 6 aromatic carbocycles. The van der Waals surface area contributed by atoms with Crippen LogP contribution in [0.15, 0.2) is 146 Å². The highest BCUT2D eigenvalue weighted by Crippen LogP contribution is 2.40. The maximum absolute atomic E-state index is 13.7. The number of para-hydroxylation sites is 1. The molecule has 0 aromatic heterocycles. The molecule has 55 heavy (non-hydrogen) atoms. The van der Waals surface area contributed by atoms with Gasteiger partial charge in [-0.25, -0.2) is 9.59 Å². The predicted molar refractivity (Wildman–Crippen MR) is 217 cm³/mol. The van der Waals surface area contributed by atoms with Gasteiger partial charge in [-0.05, 0) is 88.5 Å². The van der Waals surface area contributed by atoms with Crippen molar-refractivity contribution >= 4 is 28.8 Å². The molecule has 2 fully saturated rings. The fourth-order valence-corrected chi connectivity index (χ4v) is 8.08. The number of benzene rings is 6. The Hall–Kier alpha value is -6.02. The number of hydrogen-bond donors (Lipinski definition) is 3. The van der Waals surface area contributed by atoms with Gasteiger partial charge in [-0.15, -0.1) is 0 Å². The first-order chi connectivity index (χ1) is 26.9. The molecule has 0 amide bonds. The molecule has 2 aliphatic heterocycles. The Morgan fingerprint density at radius 1 is 0.582 bits per heavy atom. The Labute approximate surface area is 321 Å². The third-order valence-corrected chi connectivity index (χ3v) is 11.1. The number of aromatic hydroxyl groups is 1. The van der Waals surface area contributed by atoms with E-state index < -0.39 is 17.2 Å². The smallest absolute Gasteiger partial charge is 0.342 e. The highest BCUT2D eigenvalue weighted by Gasteiger charge is 2.39. The van der Waals surface area contributed by atoms with Gasteiger partial charge in [0, 0.05) is 37.3 Å². The molecule has 2 heterocycles. The van der Waals surface area contributed by atoms with Crippen molar-refractivity contribution in [2.24, 2.45) is 0 Å². The lowest BCUT2D eigenvalue weighted by Gasteiger charge is -2.37. The van der Waals surface area contributed by atoms with Crippen molar-refractivity contribution in [3.63, 3.8) is 0 Å². The van der Waals surface area contributed by atoms with E-state index >= 15 is 0 Å². The summed E-state index contributed by atoms with van der Waals surface area (Å²) < 4.78 is 12.6. The minimum absolute atomic E-state index is 0.0818. The summed E-state index contributed by atoms with van der Waals surface area (Å²) >= 11 is 0. The molecule has 2 saturated heterocycles. The SMILES string of the molecule is O=C(/C=C/c1cccc2cc(-c3ccc(C4(OC(=O)c5cccc(-c6ccccc6)c5O)CCNCC4)cc3)ccc12)OC1(c2ccccc2)CCNCC1. The second-order valence-corrected chi connectivity index (χ2v) is 14.4. The summed E-state index contributed by atoms with van der Waals surface area (Å²) in [5, 5.41) is 20.0. The first-order valence-corrected chi connectivity index (χ1v) is 19.1. The molecule has 7 heteroatoms. The van der Waals surface area contributed by atoms with Crippen LogP contribution in [0.4, 0.5) is 0 Å². The van der Waals surface area contributed by atoms with Crippen molar-refractivity contribution in [2.45, 2.75) is 36.9 Å². The molecule has 0 atom stereocenters. The Bertz CT molecular complexity index is 2320. The molecule has 0 radical (unpaired) electrons. The van der Waals surface area contributed by atoms with Gasteiger partial charge in [-0.2, -0.15) is 0 Å². The molecule has 0 saturated carbocycles. The summed E-state index contributed by atoms with van der Waals surface area (Å²) in [6, 6.07) is 45.4. The van der Waals surface area contributed by atoms with Crippen molar-refractivity contribution in [3.8, 4) is 28.0 Å². The fourth-order valence-electron chi connectivity index (χ4n) is 8.08. The molecule has 2 aliphatic rings. The van der Waals surface area contributed by atoms with E-state index in [0.717, 1.165) is 70.1 Å². The van der Waals surface area contributed by atoms with Gasteiger partial charge in [-0.3, -0.25) is 0 Å². The number of fused-ring (bicyclic) bond motifs is 1. The zero-order valence-corrected chi connectivity index (χ0v) is 30.7. The van der Waals surface area contributed by atoms with E-state index in [-0.39, 0.29) is 17.3 Å². The first kappa shape index (κ1) is 36.0. The molecular formula is C48H44N2O5. The number of hydrogen-bond acceptors (Lipinski definition) is 7. The van der Waals surface area contributed by atoms with Crippen molar-refractivity contribution in [1.29, 1.82) is 0 Å². The summed E-state index contributed by atoms with van der Waals surface area (Å²) in [6.07, 6.45) is 6.07. The number of nitrogens with one attached hydrogen (secondary N) is 2. The van der Waals surface area contributed by atoms with Crippen molar-refractivity contribution in [2.75, 3.05) is 26.2 Å². The van der Waals surface area contributed by atoms with Crippen molar-refractivity contribution < 1.29 is 24.2 Å². The van der Waals surface area contributed by atoms with Crippen LogP contribution >= 0.6 is 0 Å². The Morgan fingerprint density at radius 2 is 1.18 bits per heavy atom. The summed E-state index contributed by atoms with van der Waals surface area (Å²) in [5.74, 6) is -0.980. The third-order valence-electron chi connectivity index (χ3n) is 11.1. The topological polar surface area (TPSA) is 96.9 Å². The van der Waals surface area contributed by atoms with Crippen LogP contribution in [-0.2, 0) is 25.5 Å². The summed E-state index contributed by atoms with van der Waals surface area (Å²) in [7, 11) is 0. The standard InChI is InChI=1S/C48H44N2O5/c51-44(54-47(25-29-49-30-26-47)39-13-5-2-6-14-39)24-20-36-11-7-12-38-33-37(19-23-41(36)38)34-17-21-40(22-18-34)48(27-31-50-32-28-48)55-46(53)43-16-8-15-42(45(43)52)35-9-3-1-4-10-35/h1-24,33,49-50,52H,25-32H2/b24-20+. The lowest BCUT2D eigenvalue weighted by atomic mass is 9.84. The van der Waals surface area contributed by atoms with Crippen LogP contribution in [0.5, 0.6) is 5.75 Å². The average Bonchev–Trinajstić information content (AvgIpc) is 3.24. The fraction of sp³-hybridized carbons (Fsp3) is 0.208. The minimum Gasteiger partial charge on any atom is -0.506 e. The Balaban J connectivity index is 1.00. The number of carbonyl (C=O) groups excluding carboxylic acids is 2. The summed E-state index contributed by atoms with van der Waals surface area (Å²) in [6.45, 7) is 3.00. The monoisotopic (exact) mass is 728 g/mol. The third kappa shape index (κ3) is 7.54. The van der Waals surface area contributed by atoms with Crippen LogP contribution in [0.25, 0.3) is 39.1 Å². The van der Waals surface area contributed by atoms with Gasteiger partial charge >= 0.3 is 11.9 Å². The van der Waals surface area contributed by atoms with Gasteiger partial charge in [0.2, 0.25) is 0 Å². The molecule has 8 rings (SSSR count). The van der Waals surface area contributed by atoms with E-state index in [2.05, 4.69) is 47.0 Å². The van der Waals surface area contributed by atoms with E-state index in [1.54, 1.807) is 24.3 Å². The minimum atomic E-state index is -0.837. The first-order valence-electron chi connectivity index (χ1n) is 19.1. The zero-order valence-electron chi connectivity index (χ0n) is 30.7. The van der Waals surface area contributed by atoms with E-state index in [1.165, 1.54) is 0 Å². The number of carbonyl (C=O) groups is 2. The van der Waals surface area contributed by atoms with Gasteiger partial charge in [0.1, 0.15) is 22.5 Å². The van der Waals surface area contributed by atoms with E-state index in [9.17, 15) is 14.7 Å². The van der Waals surface area contributed by atoms with Crippen LogP contribution in [0.1, 0.15) is 52.7 Å². The molecule has 7 nitrogen and oxygen atoms in total. The van der Waals surface area contributed by atoms with E-state index in [0.29, 0.717) is 31.5 Å². The maximum Gasteiger partial charge on any atom is 0.342 e. The van der Waals surface area contributed by atoms with Crippen molar-refractivity contribution in [1.82, 2.24) is 10.6 Å². The van der Waals surface area contributed by atoms with Gasteiger partial charge < -0.3 is 25.2 Å². The number of piperidine rings is 2. The van der Waals surface area contributed by atoms with E-state index in [4.69, 9.17) is 9.47 Å². The van der Waals surface area contributed by atoms with Crippen LogP contribution in [0, 0.1) is 0 Å². The number of esters is 2. The highest BCUT2D eigenvalue weighted by atomic mass is 16.6. The average molecular weight is 729 g/mol. The number of rotatable bonds is 9. The largest absolute Gasteiger partial charge is 0.506 e. The molecule has 6 aromatic rings. The zero-order chi connectivity index (χ0) is 37.7. The second-order valence-electron chi connectivity index (χ2n) is 14.4. The summed E-state index contributed by atoms with van der Waals surface area (Å²) in [4.78, 5) is 27.0. The number of phenols is 1. The highest BCUT2D eigenvalue weighted by molar-refractivity contribution is 5.97. The molecule has 0 aliphatic carbocycles. The predicted octanol–water partition coefficient (Wildman–Crippen LogP) is 9.15. The van der Waals surface area contributed by atoms with Crippen LogP contribution in [0.3, 0.4) is 0 Å². The van der Waals surface area contributed by atoms with Crippen LogP contribution in [0.2, 0.25) is 0 Å². The molecule has 0 bridgehead atoms. The van der Waals surface area contributed by atoms with Gasteiger partial charge in [0.15, 0.2) is 0 Å². The molecule has 3 N–H and O–H groups in total. The molecule has 0 unspecified atom stereocenters.